The third-order valence-electron chi connectivity index (χ3n) is 4.17. The van der Waals surface area contributed by atoms with Crippen LogP contribution in [0, 0.1) is 0 Å². The van der Waals surface area contributed by atoms with Crippen molar-refractivity contribution in [1.82, 2.24) is 5.32 Å². The fraction of sp³-hybridized carbons (Fsp3) is 0.250. The van der Waals surface area contributed by atoms with Crippen LogP contribution in [0.5, 0.6) is 0 Å². The van der Waals surface area contributed by atoms with Crippen LogP contribution < -0.4 is 10.2 Å². The normalized spacial score (nSPS) is 13.4. The van der Waals surface area contributed by atoms with Gasteiger partial charge in [-0.3, -0.25) is 4.79 Å². The fourth-order valence-electron chi connectivity index (χ4n) is 2.61. The van der Waals surface area contributed by atoms with E-state index in [0.29, 0.717) is 5.56 Å². The highest BCUT2D eigenvalue weighted by molar-refractivity contribution is 7.19. The van der Waals surface area contributed by atoms with Crippen LogP contribution in [0.15, 0.2) is 54.6 Å². The van der Waals surface area contributed by atoms with E-state index in [-0.39, 0.29) is 12.5 Å². The number of hydrogen-bond donors (Lipinski definition) is 2. The standard InChI is InChI=1S/C20H22N2O2S/c1-20(24,18-12-14-7-4-5-10-17(14)25-18)13-21-19(23)15-8-6-9-16(11-15)22(2)3/h4-12,24H,13H2,1-3H3,(H,21,23)/t20-/m1/s1. The van der Waals surface area contributed by atoms with Crippen molar-refractivity contribution in [3.05, 3.63) is 65.0 Å². The lowest BCUT2D eigenvalue weighted by molar-refractivity contribution is 0.0557. The van der Waals surface area contributed by atoms with Crippen molar-refractivity contribution >= 4 is 33.0 Å². The number of anilines is 1. The molecule has 0 bridgehead atoms. The summed E-state index contributed by atoms with van der Waals surface area (Å²) >= 11 is 1.55. The lowest BCUT2D eigenvalue weighted by Crippen LogP contribution is -2.38. The first-order valence-corrected chi connectivity index (χ1v) is 8.95. The highest BCUT2D eigenvalue weighted by Gasteiger charge is 2.26. The van der Waals surface area contributed by atoms with Crippen LogP contribution in [-0.4, -0.2) is 31.7 Å². The Balaban J connectivity index is 1.73. The Kier molecular flexibility index (Phi) is 4.79. The summed E-state index contributed by atoms with van der Waals surface area (Å²) in [6, 6.07) is 17.4. The zero-order chi connectivity index (χ0) is 18.0. The topological polar surface area (TPSA) is 52.6 Å². The molecule has 1 aromatic heterocycles. The van der Waals surface area contributed by atoms with Gasteiger partial charge in [0.2, 0.25) is 0 Å². The van der Waals surface area contributed by atoms with Crippen molar-refractivity contribution in [3.63, 3.8) is 0 Å². The van der Waals surface area contributed by atoms with Gasteiger partial charge < -0.3 is 15.3 Å². The van der Waals surface area contributed by atoms with Crippen LogP contribution in [0.1, 0.15) is 22.2 Å². The summed E-state index contributed by atoms with van der Waals surface area (Å²) in [5.74, 6) is -0.190. The van der Waals surface area contributed by atoms with Crippen LogP contribution in [0.2, 0.25) is 0 Å². The quantitative estimate of drug-likeness (QED) is 0.736. The lowest BCUT2D eigenvalue weighted by atomic mass is 10.0. The van der Waals surface area contributed by atoms with E-state index < -0.39 is 5.60 Å². The smallest absolute Gasteiger partial charge is 0.251 e. The number of thiophene rings is 1. The monoisotopic (exact) mass is 354 g/mol. The molecule has 4 nitrogen and oxygen atoms in total. The molecule has 0 aliphatic rings. The maximum Gasteiger partial charge on any atom is 0.251 e. The van der Waals surface area contributed by atoms with Gasteiger partial charge in [0.15, 0.2) is 0 Å². The van der Waals surface area contributed by atoms with Gasteiger partial charge in [0, 0.05) is 34.9 Å². The second-order valence-electron chi connectivity index (χ2n) is 6.55. The average molecular weight is 354 g/mol. The fourth-order valence-corrected chi connectivity index (χ4v) is 3.72. The average Bonchev–Trinajstić information content (AvgIpc) is 3.05. The van der Waals surface area contributed by atoms with Gasteiger partial charge in [-0.15, -0.1) is 11.3 Å². The minimum Gasteiger partial charge on any atom is -0.383 e. The first kappa shape index (κ1) is 17.5. The summed E-state index contributed by atoms with van der Waals surface area (Å²) in [6.45, 7) is 1.89. The van der Waals surface area contributed by atoms with Gasteiger partial charge in [0.1, 0.15) is 5.60 Å². The van der Waals surface area contributed by atoms with Crippen molar-refractivity contribution in [2.24, 2.45) is 0 Å². The Morgan fingerprint density at radius 2 is 1.92 bits per heavy atom. The number of aliphatic hydroxyl groups is 1. The first-order valence-electron chi connectivity index (χ1n) is 8.14. The number of carbonyl (C=O) groups excluding carboxylic acids is 1. The molecular formula is C20H22N2O2S. The summed E-state index contributed by atoms with van der Waals surface area (Å²) in [4.78, 5) is 15.2. The van der Waals surface area contributed by atoms with Crippen LogP contribution in [0.3, 0.4) is 0 Å². The summed E-state index contributed by atoms with van der Waals surface area (Å²) in [5, 5.41) is 14.8. The summed E-state index contributed by atoms with van der Waals surface area (Å²) in [5.41, 5.74) is 0.431. The number of amides is 1. The van der Waals surface area contributed by atoms with E-state index in [4.69, 9.17) is 0 Å². The van der Waals surface area contributed by atoms with E-state index >= 15 is 0 Å². The third-order valence-corrected chi connectivity index (χ3v) is 5.54. The Morgan fingerprint density at radius 3 is 2.64 bits per heavy atom. The molecule has 0 aliphatic carbocycles. The predicted octanol–water partition coefficient (Wildman–Crippen LogP) is 3.60. The Morgan fingerprint density at radius 1 is 1.16 bits per heavy atom. The molecule has 0 spiro atoms. The number of hydrogen-bond acceptors (Lipinski definition) is 4. The molecule has 2 N–H and O–H groups in total. The molecule has 5 heteroatoms. The molecule has 0 fully saturated rings. The Bertz CT molecular complexity index is 866. The van der Waals surface area contributed by atoms with Gasteiger partial charge >= 0.3 is 0 Å². The van der Waals surface area contributed by atoms with Crippen molar-refractivity contribution in [1.29, 1.82) is 0 Å². The van der Waals surface area contributed by atoms with Gasteiger partial charge in [-0.1, -0.05) is 24.3 Å². The van der Waals surface area contributed by atoms with Gasteiger partial charge in [0.05, 0.1) is 6.54 Å². The highest BCUT2D eigenvalue weighted by Crippen LogP contribution is 2.32. The molecular weight excluding hydrogens is 332 g/mol. The van der Waals surface area contributed by atoms with Gasteiger partial charge in [-0.2, -0.15) is 0 Å². The van der Waals surface area contributed by atoms with Crippen molar-refractivity contribution in [2.75, 3.05) is 25.5 Å². The summed E-state index contributed by atoms with van der Waals surface area (Å²) < 4.78 is 1.13. The summed E-state index contributed by atoms with van der Waals surface area (Å²) in [6.07, 6.45) is 0. The molecule has 1 amide bonds. The molecule has 2 aromatic carbocycles. The van der Waals surface area contributed by atoms with E-state index in [0.717, 1.165) is 20.7 Å². The SMILES string of the molecule is CN(C)c1cccc(C(=O)NC[C@@](C)(O)c2cc3ccccc3s2)c1. The van der Waals surface area contributed by atoms with Crippen molar-refractivity contribution < 1.29 is 9.90 Å². The minimum atomic E-state index is -1.11. The molecule has 0 radical (unpaired) electrons. The molecule has 0 unspecified atom stereocenters. The lowest BCUT2D eigenvalue weighted by Gasteiger charge is -2.22. The van der Waals surface area contributed by atoms with Crippen LogP contribution in [0.4, 0.5) is 5.69 Å². The molecule has 1 atom stereocenters. The number of benzene rings is 2. The summed E-state index contributed by atoms with van der Waals surface area (Å²) in [7, 11) is 3.87. The molecule has 0 saturated heterocycles. The van der Waals surface area contributed by atoms with Crippen LogP contribution >= 0.6 is 11.3 Å². The van der Waals surface area contributed by atoms with Crippen molar-refractivity contribution in [3.8, 4) is 0 Å². The number of fused-ring (bicyclic) bond motifs is 1. The maximum atomic E-state index is 12.4. The molecule has 0 saturated carbocycles. The predicted molar refractivity (Wildman–Crippen MR) is 104 cm³/mol. The second kappa shape index (κ2) is 6.86. The van der Waals surface area contributed by atoms with E-state index in [9.17, 15) is 9.90 Å². The molecule has 25 heavy (non-hydrogen) atoms. The Hall–Kier alpha value is -2.37. The van der Waals surface area contributed by atoms with Gasteiger partial charge in [-0.25, -0.2) is 0 Å². The largest absolute Gasteiger partial charge is 0.383 e. The number of nitrogens with one attached hydrogen (secondary N) is 1. The second-order valence-corrected chi connectivity index (χ2v) is 7.63. The van der Waals surface area contributed by atoms with E-state index in [1.807, 2.05) is 67.5 Å². The number of nitrogens with zero attached hydrogens (tertiary/aromatic N) is 1. The van der Waals surface area contributed by atoms with Crippen molar-refractivity contribution in [2.45, 2.75) is 12.5 Å². The number of carbonyl (C=O) groups is 1. The molecule has 0 aliphatic heterocycles. The Labute approximate surface area is 151 Å². The van der Waals surface area contributed by atoms with E-state index in [1.165, 1.54) is 0 Å². The minimum absolute atomic E-state index is 0.158. The zero-order valence-electron chi connectivity index (χ0n) is 14.6. The molecule has 3 aromatic rings. The molecule has 1 heterocycles. The third kappa shape index (κ3) is 3.83. The van der Waals surface area contributed by atoms with E-state index in [1.54, 1.807) is 24.3 Å². The number of rotatable bonds is 5. The highest BCUT2D eigenvalue weighted by atomic mass is 32.1. The van der Waals surface area contributed by atoms with Gasteiger partial charge in [-0.05, 0) is 42.6 Å². The maximum absolute atomic E-state index is 12.4. The zero-order valence-corrected chi connectivity index (χ0v) is 15.4. The molecule has 3 rings (SSSR count). The van der Waals surface area contributed by atoms with Crippen LogP contribution in [0.25, 0.3) is 10.1 Å². The molecule has 130 valence electrons. The van der Waals surface area contributed by atoms with E-state index in [2.05, 4.69) is 5.32 Å². The van der Waals surface area contributed by atoms with Crippen LogP contribution in [-0.2, 0) is 5.60 Å². The first-order chi connectivity index (χ1) is 11.9. The van der Waals surface area contributed by atoms with Gasteiger partial charge in [0.25, 0.3) is 5.91 Å².